The Balaban J connectivity index is 3.87. The summed E-state index contributed by atoms with van der Waals surface area (Å²) in [5, 5.41) is 9.36. The van der Waals surface area contributed by atoms with E-state index in [-0.39, 0.29) is 5.78 Å². The fraction of sp³-hybridized carbons (Fsp3) is 0.444. The minimum atomic E-state index is -0.897. The van der Waals surface area contributed by atoms with E-state index < -0.39 is 5.60 Å². The molecule has 0 aromatic rings. The molecule has 62 valence electrons. The topological polar surface area (TPSA) is 37.3 Å². The smallest absolute Gasteiger partial charge is 0.152 e. The van der Waals surface area contributed by atoms with Crippen molar-refractivity contribution >= 4 is 5.78 Å². The number of hydrogen-bond donors (Lipinski definition) is 1. The number of carbonyl (C=O) groups is 1. The largest absolute Gasteiger partial charge is 0.386 e. The summed E-state index contributed by atoms with van der Waals surface area (Å²) in [5.41, 5.74) is -0.897. The molecule has 0 aliphatic rings. The van der Waals surface area contributed by atoms with Crippen molar-refractivity contribution < 1.29 is 9.90 Å². The number of aliphatic hydroxyl groups is 1. The Morgan fingerprint density at radius 2 is 2.27 bits per heavy atom. The molecule has 0 aromatic heterocycles. The van der Waals surface area contributed by atoms with Crippen molar-refractivity contribution in [3.63, 3.8) is 0 Å². The summed E-state index contributed by atoms with van der Waals surface area (Å²) in [5.74, 6) is -0.00939. The number of hydrogen-bond acceptors (Lipinski definition) is 2. The molecular formula is C9H14O2. The van der Waals surface area contributed by atoms with E-state index in [0.29, 0.717) is 6.42 Å². The van der Waals surface area contributed by atoms with Gasteiger partial charge >= 0.3 is 0 Å². The van der Waals surface area contributed by atoms with Crippen LogP contribution < -0.4 is 0 Å². The molecule has 0 saturated heterocycles. The Hall–Kier alpha value is -0.890. The van der Waals surface area contributed by atoms with Gasteiger partial charge < -0.3 is 5.11 Å². The molecule has 2 heteroatoms. The highest BCUT2D eigenvalue weighted by atomic mass is 16.3. The van der Waals surface area contributed by atoms with Crippen LogP contribution in [0, 0.1) is 0 Å². The fourth-order valence-electron chi connectivity index (χ4n) is 0.547. The lowest BCUT2D eigenvalue weighted by molar-refractivity contribution is -0.112. The molecule has 0 fully saturated rings. The highest BCUT2D eigenvalue weighted by molar-refractivity contribution is 5.87. The summed E-state index contributed by atoms with van der Waals surface area (Å²) < 4.78 is 0. The van der Waals surface area contributed by atoms with Gasteiger partial charge in [-0.05, 0) is 26.3 Å². The van der Waals surface area contributed by atoms with Crippen LogP contribution in [-0.2, 0) is 4.79 Å². The van der Waals surface area contributed by atoms with E-state index in [1.165, 1.54) is 19.1 Å². The van der Waals surface area contributed by atoms with Crippen LogP contribution in [0.4, 0.5) is 0 Å². The van der Waals surface area contributed by atoms with Gasteiger partial charge in [-0.3, -0.25) is 4.79 Å². The van der Waals surface area contributed by atoms with Crippen LogP contribution in [0.5, 0.6) is 0 Å². The molecule has 0 aliphatic carbocycles. The lowest BCUT2D eigenvalue weighted by Crippen LogP contribution is -2.18. The molecule has 0 saturated carbocycles. The third kappa shape index (κ3) is 5.55. The van der Waals surface area contributed by atoms with E-state index in [0.717, 1.165) is 0 Å². The Bertz CT molecular complexity index is 178. The van der Waals surface area contributed by atoms with Crippen molar-refractivity contribution in [2.75, 3.05) is 0 Å². The summed E-state index contributed by atoms with van der Waals surface area (Å²) in [6.45, 7) is 6.58. The first-order valence-corrected chi connectivity index (χ1v) is 3.51. The summed E-state index contributed by atoms with van der Waals surface area (Å²) >= 11 is 0. The zero-order valence-corrected chi connectivity index (χ0v) is 7.00. The van der Waals surface area contributed by atoms with Gasteiger partial charge in [-0.2, -0.15) is 0 Å². The molecular weight excluding hydrogens is 140 g/mol. The van der Waals surface area contributed by atoms with Crippen molar-refractivity contribution in [3.8, 4) is 0 Å². The van der Waals surface area contributed by atoms with E-state index in [1.807, 2.05) is 0 Å². The molecule has 0 unspecified atom stereocenters. The molecule has 0 spiro atoms. The number of rotatable bonds is 4. The van der Waals surface area contributed by atoms with Crippen LogP contribution in [0.3, 0.4) is 0 Å². The van der Waals surface area contributed by atoms with E-state index in [2.05, 4.69) is 6.58 Å². The van der Waals surface area contributed by atoms with Gasteiger partial charge in [0.1, 0.15) is 0 Å². The molecule has 0 radical (unpaired) electrons. The van der Waals surface area contributed by atoms with Gasteiger partial charge in [-0.1, -0.05) is 12.2 Å². The monoisotopic (exact) mass is 154 g/mol. The lowest BCUT2D eigenvalue weighted by Gasteiger charge is -2.14. The second-order valence-electron chi connectivity index (χ2n) is 2.78. The van der Waals surface area contributed by atoms with E-state index >= 15 is 0 Å². The minimum Gasteiger partial charge on any atom is -0.386 e. The summed E-state index contributed by atoms with van der Waals surface area (Å²) in [6, 6.07) is 0. The molecule has 0 bridgehead atoms. The Morgan fingerprint density at radius 3 is 2.64 bits per heavy atom. The van der Waals surface area contributed by atoms with Gasteiger partial charge in [-0.25, -0.2) is 0 Å². The average Bonchev–Trinajstić information content (AvgIpc) is 1.87. The van der Waals surface area contributed by atoms with Crippen molar-refractivity contribution in [2.45, 2.75) is 25.9 Å². The Kier molecular flexibility index (Phi) is 3.76. The first-order valence-electron chi connectivity index (χ1n) is 3.51. The van der Waals surface area contributed by atoms with E-state index in [9.17, 15) is 9.90 Å². The summed E-state index contributed by atoms with van der Waals surface area (Å²) in [7, 11) is 0. The third-order valence-corrected chi connectivity index (χ3v) is 1.32. The maximum Gasteiger partial charge on any atom is 0.152 e. The standard InChI is InChI=1S/C9H14O2/c1-4-9(3,11)7-5-6-8(2)10/h4-6,11H,1,7H2,2-3H3/b6-5+/t9-/m1/s1. The van der Waals surface area contributed by atoms with Gasteiger partial charge in [0.25, 0.3) is 0 Å². The summed E-state index contributed by atoms with van der Waals surface area (Å²) in [6.07, 6.45) is 4.97. The van der Waals surface area contributed by atoms with Crippen molar-refractivity contribution in [1.82, 2.24) is 0 Å². The number of allylic oxidation sites excluding steroid dienone is 1. The quantitative estimate of drug-likeness (QED) is 0.491. The highest BCUT2D eigenvalue weighted by Gasteiger charge is 2.11. The molecule has 2 nitrogen and oxygen atoms in total. The molecule has 0 aromatic carbocycles. The predicted octanol–water partition coefficient (Wildman–Crippen LogP) is 1.46. The second kappa shape index (κ2) is 4.09. The van der Waals surface area contributed by atoms with Crippen LogP contribution in [0.25, 0.3) is 0 Å². The molecule has 11 heavy (non-hydrogen) atoms. The highest BCUT2D eigenvalue weighted by Crippen LogP contribution is 2.10. The first kappa shape index (κ1) is 10.1. The number of carbonyl (C=O) groups excluding carboxylic acids is 1. The van der Waals surface area contributed by atoms with Crippen molar-refractivity contribution in [1.29, 1.82) is 0 Å². The Morgan fingerprint density at radius 1 is 1.73 bits per heavy atom. The zero-order valence-electron chi connectivity index (χ0n) is 7.00. The maximum atomic E-state index is 10.4. The molecule has 1 atom stereocenters. The molecule has 0 heterocycles. The van der Waals surface area contributed by atoms with E-state index in [4.69, 9.17) is 0 Å². The molecule has 0 amide bonds. The molecule has 0 rings (SSSR count). The average molecular weight is 154 g/mol. The van der Waals surface area contributed by atoms with Gasteiger partial charge in [0.2, 0.25) is 0 Å². The second-order valence-corrected chi connectivity index (χ2v) is 2.78. The maximum absolute atomic E-state index is 10.4. The molecule has 1 N–H and O–H groups in total. The zero-order chi connectivity index (χ0) is 8.91. The Labute approximate surface area is 67.2 Å². The van der Waals surface area contributed by atoms with Gasteiger partial charge in [0.15, 0.2) is 5.78 Å². The van der Waals surface area contributed by atoms with Crippen LogP contribution in [-0.4, -0.2) is 16.5 Å². The van der Waals surface area contributed by atoms with Crippen LogP contribution in [0.15, 0.2) is 24.8 Å². The van der Waals surface area contributed by atoms with Crippen LogP contribution in [0.1, 0.15) is 20.3 Å². The normalized spacial score (nSPS) is 16.3. The lowest BCUT2D eigenvalue weighted by atomic mass is 10.0. The van der Waals surface area contributed by atoms with Gasteiger partial charge in [0, 0.05) is 0 Å². The first-order chi connectivity index (χ1) is 4.98. The van der Waals surface area contributed by atoms with Crippen molar-refractivity contribution in [2.24, 2.45) is 0 Å². The third-order valence-electron chi connectivity index (χ3n) is 1.32. The number of ketones is 1. The van der Waals surface area contributed by atoms with E-state index in [1.54, 1.807) is 13.0 Å². The van der Waals surface area contributed by atoms with Crippen LogP contribution in [0.2, 0.25) is 0 Å². The predicted molar refractivity (Wildman–Crippen MR) is 45.3 cm³/mol. The molecule has 0 aliphatic heterocycles. The van der Waals surface area contributed by atoms with Crippen LogP contribution >= 0.6 is 0 Å². The van der Waals surface area contributed by atoms with Gasteiger partial charge in [-0.15, -0.1) is 6.58 Å². The minimum absolute atomic E-state index is 0.00939. The fourth-order valence-corrected chi connectivity index (χ4v) is 0.547. The SMILES string of the molecule is C=C[C@@](C)(O)C/C=C/C(C)=O. The summed E-state index contributed by atoms with van der Waals surface area (Å²) in [4.78, 5) is 10.4. The van der Waals surface area contributed by atoms with Crippen molar-refractivity contribution in [3.05, 3.63) is 24.8 Å². The van der Waals surface area contributed by atoms with Gasteiger partial charge in [0.05, 0.1) is 5.60 Å².